The van der Waals surface area contributed by atoms with Gasteiger partial charge in [0.25, 0.3) is 5.92 Å². The van der Waals surface area contributed by atoms with E-state index < -0.39 is 28.9 Å². The molecule has 0 atom stereocenters. The number of hydrogen-bond acceptors (Lipinski definition) is 8. The van der Waals surface area contributed by atoms with Crippen LogP contribution in [-0.2, 0) is 15.4 Å². The molecule has 0 saturated carbocycles. The fraction of sp³-hybridized carbons (Fsp3) is 0.350. The molecule has 1 heterocycles. The van der Waals surface area contributed by atoms with Gasteiger partial charge in [0.1, 0.15) is 4.88 Å². The largest absolute Gasteiger partial charge is 0.462 e. The van der Waals surface area contributed by atoms with Crippen LogP contribution in [0.5, 0.6) is 5.75 Å². The molecule has 2 rings (SSSR count). The predicted molar refractivity (Wildman–Crippen MR) is 110 cm³/mol. The number of hydrogen-bond donors (Lipinski definition) is 0. The molecule has 162 valence electrons. The highest BCUT2D eigenvalue weighted by Crippen LogP contribution is 2.38. The second kappa shape index (κ2) is 10.5. The van der Waals surface area contributed by atoms with Crippen molar-refractivity contribution in [1.82, 2.24) is 0 Å². The second-order valence-corrected chi connectivity index (χ2v) is 7.80. The molecule has 0 amide bonds. The van der Waals surface area contributed by atoms with Gasteiger partial charge in [-0.2, -0.15) is 0 Å². The number of alkyl halides is 2. The minimum absolute atomic E-state index is 0.0654. The van der Waals surface area contributed by atoms with Crippen LogP contribution in [0, 0.1) is 6.92 Å². The van der Waals surface area contributed by atoms with Crippen LogP contribution in [0.2, 0.25) is 0 Å². The molecule has 1 aromatic heterocycles. The molecule has 0 aliphatic carbocycles. The van der Waals surface area contributed by atoms with Crippen LogP contribution in [-0.4, -0.2) is 36.2 Å². The summed E-state index contributed by atoms with van der Waals surface area (Å²) < 4.78 is 43.6. The number of carbonyl (C=O) groups is 3. The SMILES string of the molecule is CCOC(=O)c1sc(C(=O)OCC)c(OC(=O)SCC(F)(F)c2ccccc2)c1C. The van der Waals surface area contributed by atoms with Crippen LogP contribution in [0.1, 0.15) is 44.3 Å². The van der Waals surface area contributed by atoms with E-state index in [0.29, 0.717) is 0 Å². The molecule has 30 heavy (non-hydrogen) atoms. The maximum atomic E-state index is 14.3. The summed E-state index contributed by atoms with van der Waals surface area (Å²) in [5.74, 6) is -5.77. The summed E-state index contributed by atoms with van der Waals surface area (Å²) in [6, 6.07) is 7.09. The number of benzene rings is 1. The highest BCUT2D eigenvalue weighted by molar-refractivity contribution is 8.13. The first-order chi connectivity index (χ1) is 14.2. The first-order valence-electron chi connectivity index (χ1n) is 8.96. The monoisotopic (exact) mass is 458 g/mol. The van der Waals surface area contributed by atoms with Crippen molar-refractivity contribution in [2.24, 2.45) is 0 Å². The topological polar surface area (TPSA) is 78.9 Å². The lowest BCUT2D eigenvalue weighted by molar-refractivity contribution is 0.0231. The molecule has 0 aliphatic rings. The third-order valence-electron chi connectivity index (χ3n) is 3.77. The third-order valence-corrected chi connectivity index (χ3v) is 5.83. The molecule has 0 N–H and O–H groups in total. The van der Waals surface area contributed by atoms with Crippen LogP contribution >= 0.6 is 23.1 Å². The molecule has 6 nitrogen and oxygen atoms in total. The number of rotatable bonds is 8. The summed E-state index contributed by atoms with van der Waals surface area (Å²) in [5, 5.41) is -1.03. The van der Waals surface area contributed by atoms with Crippen molar-refractivity contribution in [2.75, 3.05) is 19.0 Å². The lowest BCUT2D eigenvalue weighted by Crippen LogP contribution is -2.19. The van der Waals surface area contributed by atoms with Gasteiger partial charge in [-0.3, -0.25) is 0 Å². The van der Waals surface area contributed by atoms with Crippen LogP contribution in [0.3, 0.4) is 0 Å². The van der Waals surface area contributed by atoms with Crippen molar-refractivity contribution >= 4 is 40.3 Å². The average molecular weight is 459 g/mol. The Morgan fingerprint density at radius 1 is 1.00 bits per heavy atom. The standard InChI is InChI=1S/C20H20F2O6S2/c1-4-26-17(23)15-12(3)14(16(30-15)18(24)27-5-2)28-19(25)29-11-20(21,22)13-9-7-6-8-10-13/h6-10H,4-5,11H2,1-3H3. The molecular formula is C20H20F2O6S2. The minimum atomic E-state index is -3.26. The van der Waals surface area contributed by atoms with Gasteiger partial charge >= 0.3 is 17.2 Å². The molecule has 0 unspecified atom stereocenters. The van der Waals surface area contributed by atoms with Gasteiger partial charge in [0.15, 0.2) is 10.6 Å². The summed E-state index contributed by atoms with van der Waals surface area (Å²) in [7, 11) is 0. The van der Waals surface area contributed by atoms with Gasteiger partial charge in [-0.25, -0.2) is 23.2 Å². The van der Waals surface area contributed by atoms with Gasteiger partial charge in [0.2, 0.25) is 0 Å². The predicted octanol–water partition coefficient (Wildman–Crippen LogP) is 5.43. The van der Waals surface area contributed by atoms with E-state index in [4.69, 9.17) is 14.2 Å². The van der Waals surface area contributed by atoms with Crippen molar-refractivity contribution in [3.8, 4) is 5.75 Å². The van der Waals surface area contributed by atoms with E-state index in [-0.39, 0.29) is 51.6 Å². The van der Waals surface area contributed by atoms with E-state index >= 15 is 0 Å². The highest BCUT2D eigenvalue weighted by Gasteiger charge is 2.34. The summed E-state index contributed by atoms with van der Waals surface area (Å²) in [6.07, 6.45) is 0. The van der Waals surface area contributed by atoms with Gasteiger partial charge in [-0.05, 0) is 32.5 Å². The smallest absolute Gasteiger partial charge is 0.372 e. The van der Waals surface area contributed by atoms with E-state index in [9.17, 15) is 23.2 Å². The number of thiophene rings is 1. The molecule has 1 aromatic carbocycles. The molecule has 0 spiro atoms. The fourth-order valence-electron chi connectivity index (χ4n) is 2.37. The lowest BCUT2D eigenvalue weighted by atomic mass is 10.1. The average Bonchev–Trinajstić information content (AvgIpc) is 3.04. The van der Waals surface area contributed by atoms with Gasteiger partial charge in [-0.1, -0.05) is 30.3 Å². The van der Waals surface area contributed by atoms with Crippen molar-refractivity contribution < 1.29 is 37.4 Å². The Labute approximate surface area is 180 Å². The molecular weight excluding hydrogens is 438 g/mol. The number of ether oxygens (including phenoxy) is 3. The summed E-state index contributed by atoms with van der Waals surface area (Å²) >= 11 is 1.03. The Hall–Kier alpha value is -2.46. The van der Waals surface area contributed by atoms with Crippen molar-refractivity contribution in [2.45, 2.75) is 26.7 Å². The van der Waals surface area contributed by atoms with Crippen LogP contribution in [0.15, 0.2) is 30.3 Å². The van der Waals surface area contributed by atoms with Crippen LogP contribution < -0.4 is 4.74 Å². The first kappa shape index (κ1) is 23.8. The van der Waals surface area contributed by atoms with Crippen molar-refractivity contribution in [1.29, 1.82) is 0 Å². The first-order valence-corrected chi connectivity index (χ1v) is 10.8. The Kier molecular flexibility index (Phi) is 8.36. The zero-order chi connectivity index (χ0) is 22.3. The van der Waals surface area contributed by atoms with Crippen molar-refractivity contribution in [3.05, 3.63) is 51.2 Å². The fourth-order valence-corrected chi connectivity index (χ4v) is 4.00. The molecule has 0 fully saturated rings. The van der Waals surface area contributed by atoms with E-state index in [1.807, 2.05) is 0 Å². The van der Waals surface area contributed by atoms with Gasteiger partial charge in [0, 0.05) is 11.1 Å². The lowest BCUT2D eigenvalue weighted by Gasteiger charge is -2.15. The molecule has 2 aromatic rings. The minimum Gasteiger partial charge on any atom is -0.462 e. The number of halogens is 2. The summed E-state index contributed by atoms with van der Waals surface area (Å²) in [6.45, 7) is 4.87. The van der Waals surface area contributed by atoms with E-state index in [1.54, 1.807) is 19.9 Å². The quantitative estimate of drug-likeness (QED) is 0.488. The maximum Gasteiger partial charge on any atom is 0.372 e. The molecule has 0 aliphatic heterocycles. The normalized spacial score (nSPS) is 11.1. The highest BCUT2D eigenvalue weighted by atomic mass is 32.2. The molecule has 10 heteroatoms. The summed E-state index contributed by atoms with van der Waals surface area (Å²) in [5.41, 5.74) is -0.0286. The number of thioether (sulfide) groups is 1. The molecule has 0 bridgehead atoms. The zero-order valence-electron chi connectivity index (χ0n) is 16.5. The van der Waals surface area contributed by atoms with Gasteiger partial charge < -0.3 is 14.2 Å². The van der Waals surface area contributed by atoms with Crippen molar-refractivity contribution in [3.63, 3.8) is 0 Å². The maximum absolute atomic E-state index is 14.3. The number of carbonyl (C=O) groups excluding carboxylic acids is 3. The van der Waals surface area contributed by atoms with E-state index in [1.165, 1.54) is 31.2 Å². The third kappa shape index (κ3) is 5.79. The Morgan fingerprint density at radius 3 is 2.13 bits per heavy atom. The Balaban J connectivity index is 2.20. The van der Waals surface area contributed by atoms with Crippen LogP contribution in [0.4, 0.5) is 13.6 Å². The van der Waals surface area contributed by atoms with E-state index in [0.717, 1.165) is 11.3 Å². The number of esters is 2. The molecule has 0 radical (unpaired) electrons. The zero-order valence-corrected chi connectivity index (χ0v) is 18.2. The van der Waals surface area contributed by atoms with Crippen LogP contribution in [0.25, 0.3) is 0 Å². The summed E-state index contributed by atoms with van der Waals surface area (Å²) in [4.78, 5) is 36.5. The Bertz CT molecular complexity index is 912. The van der Waals surface area contributed by atoms with Gasteiger partial charge in [0.05, 0.1) is 19.0 Å². The van der Waals surface area contributed by atoms with Gasteiger partial charge in [-0.15, -0.1) is 11.3 Å². The van der Waals surface area contributed by atoms with E-state index in [2.05, 4.69) is 0 Å². The second-order valence-electron chi connectivity index (χ2n) is 5.87. The molecule has 0 saturated heterocycles. The Morgan fingerprint density at radius 2 is 1.57 bits per heavy atom.